The zero-order chi connectivity index (χ0) is 11.0. The number of fused-ring (bicyclic) bond motifs is 2. The lowest BCUT2D eigenvalue weighted by Crippen LogP contribution is -2.48. The van der Waals surface area contributed by atoms with Gasteiger partial charge in [0.05, 0.1) is 0 Å². The van der Waals surface area contributed by atoms with Gasteiger partial charge in [-0.1, -0.05) is 0 Å². The third-order valence-corrected chi connectivity index (χ3v) is 3.65. The lowest BCUT2D eigenvalue weighted by molar-refractivity contribution is 0.0919. The minimum atomic E-state index is 0.0244. The van der Waals surface area contributed by atoms with Crippen molar-refractivity contribution in [3.63, 3.8) is 0 Å². The first kappa shape index (κ1) is 9.90. The Morgan fingerprint density at radius 1 is 1.31 bits per heavy atom. The number of nitrogens with one attached hydrogen (secondary N) is 3. The number of H-pyrrole nitrogens is 1. The van der Waals surface area contributed by atoms with E-state index in [9.17, 15) is 4.79 Å². The second kappa shape index (κ2) is 3.94. The number of carbonyl (C=O) groups is 1. The smallest absolute Gasteiger partial charge is 0.267 e. The number of aromatic nitrogens is 1. The van der Waals surface area contributed by atoms with Crippen LogP contribution in [0.15, 0.2) is 18.3 Å². The average molecular weight is 219 g/mol. The SMILES string of the molecule is O=C(NC1CC2CCC(C1)N2)c1ccc[nH]1. The number of rotatable bonds is 2. The molecule has 2 aliphatic rings. The number of hydrogen-bond acceptors (Lipinski definition) is 2. The molecule has 4 nitrogen and oxygen atoms in total. The van der Waals surface area contributed by atoms with Gasteiger partial charge in [-0.15, -0.1) is 0 Å². The van der Waals surface area contributed by atoms with Crippen molar-refractivity contribution in [1.29, 1.82) is 0 Å². The first-order valence-electron chi connectivity index (χ1n) is 6.01. The molecule has 1 aromatic rings. The van der Waals surface area contributed by atoms with E-state index in [2.05, 4.69) is 15.6 Å². The number of hydrogen-bond donors (Lipinski definition) is 3. The maximum absolute atomic E-state index is 11.8. The molecule has 2 unspecified atom stereocenters. The van der Waals surface area contributed by atoms with Crippen LogP contribution in [0.4, 0.5) is 0 Å². The second-order valence-electron chi connectivity index (χ2n) is 4.86. The Balaban J connectivity index is 1.61. The molecule has 0 aromatic carbocycles. The summed E-state index contributed by atoms with van der Waals surface area (Å²) in [6.45, 7) is 0. The van der Waals surface area contributed by atoms with Gasteiger partial charge < -0.3 is 15.6 Å². The van der Waals surface area contributed by atoms with Crippen LogP contribution in [-0.4, -0.2) is 29.0 Å². The van der Waals surface area contributed by atoms with Crippen LogP contribution in [0.5, 0.6) is 0 Å². The molecule has 1 aromatic heterocycles. The van der Waals surface area contributed by atoms with E-state index in [1.54, 1.807) is 6.20 Å². The summed E-state index contributed by atoms with van der Waals surface area (Å²) in [6, 6.07) is 5.24. The number of aromatic amines is 1. The highest BCUT2D eigenvalue weighted by Gasteiger charge is 2.34. The number of carbonyl (C=O) groups excluding carboxylic acids is 1. The van der Waals surface area contributed by atoms with Crippen LogP contribution in [0.3, 0.4) is 0 Å². The maximum Gasteiger partial charge on any atom is 0.267 e. The van der Waals surface area contributed by atoms with Crippen molar-refractivity contribution in [2.24, 2.45) is 0 Å². The van der Waals surface area contributed by atoms with Crippen molar-refractivity contribution in [1.82, 2.24) is 15.6 Å². The zero-order valence-corrected chi connectivity index (χ0v) is 9.20. The Labute approximate surface area is 94.8 Å². The van der Waals surface area contributed by atoms with Crippen LogP contribution in [0.25, 0.3) is 0 Å². The fourth-order valence-corrected chi connectivity index (χ4v) is 2.91. The molecular formula is C12H17N3O. The van der Waals surface area contributed by atoms with E-state index in [0.717, 1.165) is 12.8 Å². The summed E-state index contributed by atoms with van der Waals surface area (Å²) in [5, 5.41) is 6.68. The minimum Gasteiger partial charge on any atom is -0.357 e. The van der Waals surface area contributed by atoms with Gasteiger partial charge in [0.2, 0.25) is 0 Å². The summed E-state index contributed by atoms with van der Waals surface area (Å²) in [5.74, 6) is 0.0244. The highest BCUT2D eigenvalue weighted by atomic mass is 16.1. The summed E-state index contributed by atoms with van der Waals surface area (Å²) in [5.41, 5.74) is 0.658. The van der Waals surface area contributed by atoms with Crippen molar-refractivity contribution in [3.05, 3.63) is 24.0 Å². The molecule has 16 heavy (non-hydrogen) atoms. The predicted octanol–water partition coefficient (Wildman–Crippen LogP) is 1.03. The Morgan fingerprint density at radius 3 is 2.69 bits per heavy atom. The quantitative estimate of drug-likeness (QED) is 0.695. The van der Waals surface area contributed by atoms with Gasteiger partial charge in [-0.3, -0.25) is 4.79 Å². The molecular weight excluding hydrogens is 202 g/mol. The van der Waals surface area contributed by atoms with Gasteiger partial charge in [-0.2, -0.15) is 0 Å². The molecule has 2 aliphatic heterocycles. The third kappa shape index (κ3) is 1.85. The summed E-state index contributed by atoms with van der Waals surface area (Å²) in [6.07, 6.45) is 6.45. The molecule has 3 rings (SSSR count). The van der Waals surface area contributed by atoms with Crippen molar-refractivity contribution < 1.29 is 4.79 Å². The van der Waals surface area contributed by atoms with Gasteiger partial charge in [-0.25, -0.2) is 0 Å². The minimum absolute atomic E-state index is 0.0244. The molecule has 0 spiro atoms. The van der Waals surface area contributed by atoms with Crippen LogP contribution >= 0.6 is 0 Å². The molecule has 4 heteroatoms. The second-order valence-corrected chi connectivity index (χ2v) is 4.86. The summed E-state index contributed by atoms with van der Waals surface area (Å²) in [4.78, 5) is 14.8. The topological polar surface area (TPSA) is 56.9 Å². The highest BCUT2D eigenvalue weighted by molar-refractivity contribution is 5.92. The van der Waals surface area contributed by atoms with E-state index in [1.165, 1.54) is 12.8 Å². The maximum atomic E-state index is 11.8. The van der Waals surface area contributed by atoms with Gasteiger partial charge in [0.25, 0.3) is 5.91 Å². The zero-order valence-electron chi connectivity index (χ0n) is 9.20. The Morgan fingerprint density at radius 2 is 2.06 bits per heavy atom. The fourth-order valence-electron chi connectivity index (χ4n) is 2.91. The van der Waals surface area contributed by atoms with Gasteiger partial charge >= 0.3 is 0 Å². The van der Waals surface area contributed by atoms with E-state index >= 15 is 0 Å². The van der Waals surface area contributed by atoms with E-state index in [4.69, 9.17) is 0 Å². The summed E-state index contributed by atoms with van der Waals surface area (Å²) >= 11 is 0. The number of piperidine rings is 1. The van der Waals surface area contributed by atoms with Crippen LogP contribution in [0.1, 0.15) is 36.2 Å². The lowest BCUT2D eigenvalue weighted by atomic mass is 10.00. The average Bonchev–Trinajstić information content (AvgIpc) is 2.88. The van der Waals surface area contributed by atoms with Gasteiger partial charge in [0.1, 0.15) is 5.69 Å². The first-order chi connectivity index (χ1) is 7.81. The number of amides is 1. The van der Waals surface area contributed by atoms with Crippen LogP contribution in [-0.2, 0) is 0 Å². The lowest BCUT2D eigenvalue weighted by Gasteiger charge is -2.29. The molecule has 3 N–H and O–H groups in total. The highest BCUT2D eigenvalue weighted by Crippen LogP contribution is 2.26. The van der Waals surface area contributed by atoms with Gasteiger partial charge in [0.15, 0.2) is 0 Å². The Kier molecular flexibility index (Phi) is 2.44. The van der Waals surface area contributed by atoms with E-state index in [-0.39, 0.29) is 5.91 Å². The first-order valence-corrected chi connectivity index (χ1v) is 6.01. The molecule has 3 heterocycles. The van der Waals surface area contributed by atoms with Gasteiger partial charge in [-0.05, 0) is 37.8 Å². The van der Waals surface area contributed by atoms with Crippen molar-refractivity contribution in [2.45, 2.75) is 43.8 Å². The fraction of sp³-hybridized carbons (Fsp3) is 0.583. The van der Waals surface area contributed by atoms with E-state index < -0.39 is 0 Å². The molecule has 86 valence electrons. The monoisotopic (exact) mass is 219 g/mol. The molecule has 1 amide bonds. The van der Waals surface area contributed by atoms with Crippen LogP contribution in [0.2, 0.25) is 0 Å². The van der Waals surface area contributed by atoms with Crippen molar-refractivity contribution in [2.75, 3.05) is 0 Å². The van der Waals surface area contributed by atoms with Crippen LogP contribution in [0, 0.1) is 0 Å². The molecule has 0 aliphatic carbocycles. The molecule has 2 bridgehead atoms. The standard InChI is InChI=1S/C12H17N3O/c16-12(11-2-1-5-13-11)15-10-6-8-3-4-9(7-10)14-8/h1-2,5,8-10,13-14H,3-4,6-7H2,(H,15,16). The Hall–Kier alpha value is -1.29. The Bertz CT molecular complexity index is 362. The third-order valence-electron chi connectivity index (χ3n) is 3.65. The van der Waals surface area contributed by atoms with Gasteiger partial charge in [0, 0.05) is 24.3 Å². The molecule has 2 saturated heterocycles. The van der Waals surface area contributed by atoms with E-state index in [1.807, 2.05) is 12.1 Å². The van der Waals surface area contributed by atoms with Crippen molar-refractivity contribution >= 4 is 5.91 Å². The largest absolute Gasteiger partial charge is 0.357 e. The summed E-state index contributed by atoms with van der Waals surface area (Å²) in [7, 11) is 0. The molecule has 2 fully saturated rings. The van der Waals surface area contributed by atoms with E-state index in [0.29, 0.717) is 23.8 Å². The molecule has 0 radical (unpaired) electrons. The van der Waals surface area contributed by atoms with Crippen molar-refractivity contribution in [3.8, 4) is 0 Å². The molecule has 2 atom stereocenters. The van der Waals surface area contributed by atoms with Crippen LogP contribution < -0.4 is 10.6 Å². The summed E-state index contributed by atoms with van der Waals surface area (Å²) < 4.78 is 0. The predicted molar refractivity (Wildman–Crippen MR) is 61.2 cm³/mol. The normalized spacial score (nSPS) is 32.6. The molecule has 0 saturated carbocycles.